The third-order valence-electron chi connectivity index (χ3n) is 1.02. The van der Waals surface area contributed by atoms with Gasteiger partial charge < -0.3 is 5.32 Å². The van der Waals surface area contributed by atoms with Gasteiger partial charge in [-0.25, -0.2) is 0 Å². The van der Waals surface area contributed by atoms with Crippen LogP contribution in [-0.2, 0) is 4.79 Å². The first kappa shape index (κ1) is 14.0. The first-order valence-electron chi connectivity index (χ1n) is 3.64. The second kappa shape index (κ2) is 5.99. The molecule has 0 aliphatic rings. The van der Waals surface area contributed by atoms with Gasteiger partial charge in [-0.1, -0.05) is 13.8 Å². The second-order valence-corrected chi connectivity index (χ2v) is 1.87. The van der Waals surface area contributed by atoms with Crippen LogP contribution in [0.15, 0.2) is 0 Å². The van der Waals surface area contributed by atoms with Gasteiger partial charge in [0, 0.05) is 0 Å². The highest BCUT2D eigenvalue weighted by molar-refractivity contribution is 5.82. The molecule has 0 heterocycles. The summed E-state index contributed by atoms with van der Waals surface area (Å²) in [4.78, 5) is 10.2. The largest absolute Gasteiger partial charge is 0.410 e. The molecule has 0 amide bonds. The molecule has 0 saturated heterocycles. The number of carbonyl (C=O) groups excluding carboxylic acids is 1. The van der Waals surface area contributed by atoms with Crippen LogP contribution < -0.4 is 5.32 Å². The molecule has 74 valence electrons. The lowest BCUT2D eigenvalue weighted by atomic mass is 10.2. The highest BCUT2D eigenvalue weighted by Crippen LogP contribution is 2.19. The number of Topliss-reactive ketones (excluding diaryl/α,β-unsaturated/α-hetero) is 1. The SMILES string of the molecule is CC.CNC(C(C)=O)C(F)(F)F. The van der Waals surface area contributed by atoms with Crippen molar-refractivity contribution in [3.05, 3.63) is 0 Å². The van der Waals surface area contributed by atoms with Gasteiger partial charge in [0.25, 0.3) is 0 Å². The average Bonchev–Trinajstić information content (AvgIpc) is 1.89. The summed E-state index contributed by atoms with van der Waals surface area (Å²) in [5.41, 5.74) is 0. The van der Waals surface area contributed by atoms with Crippen molar-refractivity contribution in [2.24, 2.45) is 0 Å². The molecule has 0 aromatic carbocycles. The molecule has 0 saturated carbocycles. The van der Waals surface area contributed by atoms with E-state index in [0.717, 1.165) is 14.0 Å². The van der Waals surface area contributed by atoms with Crippen molar-refractivity contribution in [2.45, 2.75) is 33.0 Å². The van der Waals surface area contributed by atoms with Crippen LogP contribution in [0.3, 0.4) is 0 Å². The van der Waals surface area contributed by atoms with Crippen LogP contribution in [0.25, 0.3) is 0 Å². The van der Waals surface area contributed by atoms with Gasteiger partial charge in [-0.3, -0.25) is 4.79 Å². The summed E-state index contributed by atoms with van der Waals surface area (Å²) in [7, 11) is 1.10. The van der Waals surface area contributed by atoms with E-state index in [1.807, 2.05) is 19.2 Å². The third kappa shape index (κ3) is 5.12. The highest BCUT2D eigenvalue weighted by Gasteiger charge is 2.41. The van der Waals surface area contributed by atoms with Gasteiger partial charge >= 0.3 is 6.18 Å². The van der Waals surface area contributed by atoms with E-state index >= 15 is 0 Å². The summed E-state index contributed by atoms with van der Waals surface area (Å²) < 4.78 is 35.1. The van der Waals surface area contributed by atoms with E-state index < -0.39 is 18.0 Å². The summed E-state index contributed by atoms with van der Waals surface area (Å²) in [5, 5.41) is 1.87. The Morgan fingerprint density at radius 3 is 1.67 bits per heavy atom. The maximum Gasteiger partial charge on any atom is 0.410 e. The zero-order chi connectivity index (χ0) is 10.4. The second-order valence-electron chi connectivity index (χ2n) is 1.87. The first-order chi connectivity index (χ1) is 5.39. The number of rotatable bonds is 2. The van der Waals surface area contributed by atoms with Gasteiger partial charge in [-0.2, -0.15) is 13.2 Å². The molecule has 0 fully saturated rings. The molecule has 0 bridgehead atoms. The molecule has 5 heteroatoms. The van der Waals surface area contributed by atoms with Crippen LogP contribution >= 0.6 is 0 Å². The highest BCUT2D eigenvalue weighted by atomic mass is 19.4. The Hall–Kier alpha value is -0.580. The van der Waals surface area contributed by atoms with Crippen molar-refractivity contribution >= 4 is 5.78 Å². The molecule has 1 atom stereocenters. The fourth-order valence-corrected chi connectivity index (χ4v) is 0.597. The number of ketones is 1. The standard InChI is InChI=1S/C5H8F3NO.C2H6/c1-3(10)4(9-2)5(6,7)8;1-2/h4,9H,1-2H3;1-2H3. The number of hydrogen-bond donors (Lipinski definition) is 1. The minimum Gasteiger partial charge on any atom is -0.303 e. The van der Waals surface area contributed by atoms with Gasteiger partial charge in [0.05, 0.1) is 0 Å². The van der Waals surface area contributed by atoms with Crippen LogP contribution in [0.5, 0.6) is 0 Å². The molecule has 1 N–H and O–H groups in total. The van der Waals surface area contributed by atoms with E-state index in [1.165, 1.54) is 0 Å². The quantitative estimate of drug-likeness (QED) is 0.710. The van der Waals surface area contributed by atoms with Crippen molar-refractivity contribution in [1.29, 1.82) is 0 Å². The number of halogens is 3. The summed E-state index contributed by atoms with van der Waals surface area (Å²) >= 11 is 0. The van der Waals surface area contributed by atoms with Gasteiger partial charge in [-0.05, 0) is 14.0 Å². The summed E-state index contributed by atoms with van der Waals surface area (Å²) in [6.45, 7) is 4.90. The molecule has 0 aliphatic heterocycles. The maximum atomic E-state index is 11.7. The Morgan fingerprint density at radius 2 is 1.67 bits per heavy atom. The number of carbonyl (C=O) groups is 1. The van der Waals surface area contributed by atoms with Gasteiger partial charge in [-0.15, -0.1) is 0 Å². The molecule has 0 radical (unpaired) electrons. The van der Waals surface area contributed by atoms with Crippen molar-refractivity contribution < 1.29 is 18.0 Å². The van der Waals surface area contributed by atoms with Crippen molar-refractivity contribution in [3.8, 4) is 0 Å². The molecular formula is C7H14F3NO. The van der Waals surface area contributed by atoms with E-state index in [1.54, 1.807) is 0 Å². The predicted octanol–water partition coefficient (Wildman–Crippen LogP) is 1.75. The Bertz CT molecular complexity index is 133. The number of nitrogens with one attached hydrogen (secondary N) is 1. The lowest BCUT2D eigenvalue weighted by Gasteiger charge is -2.15. The van der Waals surface area contributed by atoms with E-state index in [9.17, 15) is 18.0 Å². The topological polar surface area (TPSA) is 29.1 Å². The minimum absolute atomic E-state index is 0.897. The van der Waals surface area contributed by atoms with Crippen LogP contribution in [0.1, 0.15) is 20.8 Å². The van der Waals surface area contributed by atoms with Crippen LogP contribution in [0, 0.1) is 0 Å². The molecule has 0 aliphatic carbocycles. The molecular weight excluding hydrogens is 171 g/mol. The molecule has 0 aromatic rings. The smallest absolute Gasteiger partial charge is 0.303 e. The van der Waals surface area contributed by atoms with Crippen molar-refractivity contribution in [2.75, 3.05) is 7.05 Å². The summed E-state index contributed by atoms with van der Waals surface area (Å²) in [6.07, 6.45) is -4.47. The summed E-state index contributed by atoms with van der Waals surface area (Å²) in [6, 6.07) is -2.02. The zero-order valence-corrected chi connectivity index (χ0v) is 7.62. The molecule has 0 rings (SSSR count). The Morgan fingerprint density at radius 1 is 1.33 bits per heavy atom. The van der Waals surface area contributed by atoms with Crippen LogP contribution in [0.2, 0.25) is 0 Å². The maximum absolute atomic E-state index is 11.7. The van der Waals surface area contributed by atoms with E-state index in [0.29, 0.717) is 0 Å². The fourth-order valence-electron chi connectivity index (χ4n) is 0.597. The van der Waals surface area contributed by atoms with E-state index in [-0.39, 0.29) is 0 Å². The minimum atomic E-state index is -4.47. The van der Waals surface area contributed by atoms with Gasteiger partial charge in [0.1, 0.15) is 0 Å². The lowest BCUT2D eigenvalue weighted by molar-refractivity contribution is -0.164. The molecule has 1 unspecified atom stereocenters. The van der Waals surface area contributed by atoms with E-state index in [4.69, 9.17) is 0 Å². The van der Waals surface area contributed by atoms with E-state index in [2.05, 4.69) is 0 Å². The average molecular weight is 185 g/mol. The van der Waals surface area contributed by atoms with Gasteiger partial charge in [0.2, 0.25) is 0 Å². The molecule has 0 spiro atoms. The lowest BCUT2D eigenvalue weighted by Crippen LogP contribution is -2.45. The number of likely N-dealkylation sites (N-methyl/N-ethyl adjacent to an activating group) is 1. The Kier molecular flexibility index (Phi) is 6.98. The monoisotopic (exact) mass is 185 g/mol. The molecule has 12 heavy (non-hydrogen) atoms. The van der Waals surface area contributed by atoms with Crippen molar-refractivity contribution in [3.63, 3.8) is 0 Å². The Balaban J connectivity index is 0. The first-order valence-corrected chi connectivity index (χ1v) is 3.64. The van der Waals surface area contributed by atoms with Gasteiger partial charge in [0.15, 0.2) is 11.8 Å². The zero-order valence-electron chi connectivity index (χ0n) is 7.62. The van der Waals surface area contributed by atoms with Crippen LogP contribution in [0.4, 0.5) is 13.2 Å². The Labute approximate surface area is 70.1 Å². The summed E-state index contributed by atoms with van der Waals surface area (Å²) in [5.74, 6) is -0.921. The number of alkyl halides is 3. The fraction of sp³-hybridized carbons (Fsp3) is 0.857. The van der Waals surface area contributed by atoms with Crippen LogP contribution in [-0.4, -0.2) is 25.0 Å². The third-order valence-corrected chi connectivity index (χ3v) is 1.02. The molecule has 2 nitrogen and oxygen atoms in total. The van der Waals surface area contributed by atoms with Crippen molar-refractivity contribution in [1.82, 2.24) is 5.32 Å². The number of hydrogen-bond acceptors (Lipinski definition) is 2. The predicted molar refractivity (Wildman–Crippen MR) is 40.9 cm³/mol. The normalized spacial score (nSPS) is 12.9. The molecule has 0 aromatic heterocycles.